The molecule has 3 rings (SSSR count). The van der Waals surface area contributed by atoms with E-state index in [4.69, 9.17) is 27.9 Å². The van der Waals surface area contributed by atoms with Crippen molar-refractivity contribution in [2.75, 3.05) is 18.1 Å². The van der Waals surface area contributed by atoms with Gasteiger partial charge in [-0.15, -0.1) is 0 Å². The average Bonchev–Trinajstić information content (AvgIpc) is 3.09. The maximum atomic E-state index is 12.9. The first kappa shape index (κ1) is 16.3. The van der Waals surface area contributed by atoms with E-state index in [0.29, 0.717) is 29.8 Å². The highest BCUT2D eigenvalue weighted by Crippen LogP contribution is 2.29. The maximum absolute atomic E-state index is 12.9. The van der Waals surface area contributed by atoms with Gasteiger partial charge in [-0.05, 0) is 36.2 Å². The van der Waals surface area contributed by atoms with Crippen molar-refractivity contribution in [2.24, 2.45) is 5.92 Å². The fourth-order valence-corrected chi connectivity index (χ4v) is 3.04. The van der Waals surface area contributed by atoms with Crippen molar-refractivity contribution in [3.8, 4) is 0 Å². The lowest BCUT2D eigenvalue weighted by molar-refractivity contribution is -0.122. The lowest BCUT2D eigenvalue weighted by Crippen LogP contribution is -2.36. The molecule has 0 saturated carbocycles. The van der Waals surface area contributed by atoms with Crippen LogP contribution in [0.2, 0.25) is 10.0 Å². The van der Waals surface area contributed by atoms with E-state index in [0.717, 1.165) is 17.7 Å². The van der Waals surface area contributed by atoms with Gasteiger partial charge in [0, 0.05) is 11.6 Å². The van der Waals surface area contributed by atoms with E-state index >= 15 is 0 Å². The minimum Gasteiger partial charge on any atom is -0.381 e. The molecule has 0 N–H and O–H groups in total. The number of carbonyl (C=O) groups is 1. The van der Waals surface area contributed by atoms with Crippen molar-refractivity contribution >= 4 is 34.8 Å². The van der Waals surface area contributed by atoms with E-state index in [2.05, 4.69) is 0 Å². The third-order valence-electron chi connectivity index (χ3n) is 3.94. The standard InChI is InChI=1S/C18H17Cl2NO2/c19-15-7-5-13(6-8-15)11-21(17-4-2-1-3-16(17)20)18(22)14-9-10-23-12-14/h1-8,14H,9-12H2. The lowest BCUT2D eigenvalue weighted by Gasteiger charge is -2.26. The molecule has 1 heterocycles. The van der Waals surface area contributed by atoms with Crippen LogP contribution in [-0.2, 0) is 16.1 Å². The number of ether oxygens (including phenoxy) is 1. The summed E-state index contributed by atoms with van der Waals surface area (Å²) in [5.41, 5.74) is 1.72. The molecular weight excluding hydrogens is 333 g/mol. The Morgan fingerprint density at radius 3 is 2.52 bits per heavy atom. The van der Waals surface area contributed by atoms with E-state index in [9.17, 15) is 4.79 Å². The smallest absolute Gasteiger partial charge is 0.232 e. The molecule has 0 aromatic heterocycles. The molecule has 1 amide bonds. The monoisotopic (exact) mass is 349 g/mol. The number of rotatable bonds is 4. The summed E-state index contributed by atoms with van der Waals surface area (Å²) in [6.07, 6.45) is 0.750. The van der Waals surface area contributed by atoms with E-state index < -0.39 is 0 Å². The third kappa shape index (κ3) is 3.86. The van der Waals surface area contributed by atoms with Gasteiger partial charge in [0.05, 0.1) is 29.8 Å². The predicted octanol–water partition coefficient (Wildman–Crippen LogP) is 4.56. The number of anilines is 1. The van der Waals surface area contributed by atoms with Crippen LogP contribution in [0.15, 0.2) is 48.5 Å². The highest BCUT2D eigenvalue weighted by atomic mass is 35.5. The molecule has 0 spiro atoms. The first-order valence-electron chi connectivity index (χ1n) is 7.53. The fraction of sp³-hybridized carbons (Fsp3) is 0.278. The predicted molar refractivity (Wildman–Crippen MR) is 93.0 cm³/mol. The van der Waals surface area contributed by atoms with Gasteiger partial charge in [0.15, 0.2) is 0 Å². The number of para-hydroxylation sites is 1. The molecule has 5 heteroatoms. The molecule has 120 valence electrons. The first-order chi connectivity index (χ1) is 11.1. The topological polar surface area (TPSA) is 29.5 Å². The normalized spacial score (nSPS) is 17.2. The van der Waals surface area contributed by atoms with E-state index in [-0.39, 0.29) is 11.8 Å². The van der Waals surface area contributed by atoms with Crippen LogP contribution in [0.1, 0.15) is 12.0 Å². The van der Waals surface area contributed by atoms with Crippen LogP contribution in [0.5, 0.6) is 0 Å². The molecule has 1 atom stereocenters. The van der Waals surface area contributed by atoms with Gasteiger partial charge in [-0.1, -0.05) is 47.5 Å². The summed E-state index contributed by atoms with van der Waals surface area (Å²) in [6, 6.07) is 14.9. The highest BCUT2D eigenvalue weighted by Gasteiger charge is 2.29. The highest BCUT2D eigenvalue weighted by molar-refractivity contribution is 6.33. The van der Waals surface area contributed by atoms with E-state index in [1.807, 2.05) is 42.5 Å². The Balaban J connectivity index is 1.91. The van der Waals surface area contributed by atoms with Gasteiger partial charge in [-0.3, -0.25) is 4.79 Å². The van der Waals surface area contributed by atoms with Crippen molar-refractivity contribution in [3.05, 3.63) is 64.1 Å². The zero-order valence-electron chi connectivity index (χ0n) is 12.5. The number of nitrogens with zero attached hydrogens (tertiary/aromatic N) is 1. The Morgan fingerprint density at radius 2 is 1.87 bits per heavy atom. The number of carbonyl (C=O) groups excluding carboxylic acids is 1. The van der Waals surface area contributed by atoms with Crippen LogP contribution in [-0.4, -0.2) is 19.1 Å². The molecule has 1 aliphatic rings. The second-order valence-electron chi connectivity index (χ2n) is 5.56. The summed E-state index contributed by atoms with van der Waals surface area (Å²) >= 11 is 12.3. The van der Waals surface area contributed by atoms with Gasteiger partial charge in [0.2, 0.25) is 5.91 Å². The summed E-state index contributed by atoms with van der Waals surface area (Å²) < 4.78 is 5.36. The van der Waals surface area contributed by atoms with Crippen LogP contribution < -0.4 is 4.90 Å². The van der Waals surface area contributed by atoms with Gasteiger partial charge >= 0.3 is 0 Å². The first-order valence-corrected chi connectivity index (χ1v) is 8.29. The molecule has 0 aliphatic carbocycles. The number of hydrogen-bond acceptors (Lipinski definition) is 2. The molecule has 3 nitrogen and oxygen atoms in total. The van der Waals surface area contributed by atoms with Crippen LogP contribution in [0.25, 0.3) is 0 Å². The Kier molecular flexibility index (Phi) is 5.21. The zero-order chi connectivity index (χ0) is 16.2. The third-order valence-corrected chi connectivity index (χ3v) is 4.51. The Hall–Kier alpha value is -1.55. The molecule has 0 bridgehead atoms. The average molecular weight is 350 g/mol. The van der Waals surface area contributed by atoms with Crippen molar-refractivity contribution in [1.82, 2.24) is 0 Å². The zero-order valence-corrected chi connectivity index (χ0v) is 14.1. The van der Waals surface area contributed by atoms with Crippen molar-refractivity contribution < 1.29 is 9.53 Å². The minimum absolute atomic E-state index is 0.0468. The Bertz CT molecular complexity index is 682. The lowest BCUT2D eigenvalue weighted by atomic mass is 10.1. The quantitative estimate of drug-likeness (QED) is 0.809. The van der Waals surface area contributed by atoms with Gasteiger partial charge < -0.3 is 9.64 Å². The van der Waals surface area contributed by atoms with Crippen LogP contribution in [0, 0.1) is 5.92 Å². The van der Waals surface area contributed by atoms with Crippen molar-refractivity contribution in [1.29, 1.82) is 0 Å². The minimum atomic E-state index is -0.112. The molecular formula is C18H17Cl2NO2. The van der Waals surface area contributed by atoms with Crippen LogP contribution >= 0.6 is 23.2 Å². The second-order valence-corrected chi connectivity index (χ2v) is 6.41. The number of benzene rings is 2. The molecule has 0 radical (unpaired) electrons. The summed E-state index contributed by atoms with van der Waals surface area (Å²) in [4.78, 5) is 14.7. The second kappa shape index (κ2) is 7.35. The molecule has 2 aromatic rings. The van der Waals surface area contributed by atoms with E-state index in [1.165, 1.54) is 0 Å². The van der Waals surface area contributed by atoms with Gasteiger partial charge in [0.25, 0.3) is 0 Å². The van der Waals surface area contributed by atoms with Crippen LogP contribution in [0.3, 0.4) is 0 Å². The summed E-state index contributed by atoms with van der Waals surface area (Å²) in [5.74, 6) is -0.0656. The molecule has 1 aliphatic heterocycles. The van der Waals surface area contributed by atoms with Crippen molar-refractivity contribution in [3.63, 3.8) is 0 Å². The maximum Gasteiger partial charge on any atom is 0.232 e. The van der Waals surface area contributed by atoms with E-state index in [1.54, 1.807) is 11.0 Å². The summed E-state index contributed by atoms with van der Waals surface area (Å²) in [5, 5.41) is 1.24. The number of amides is 1. The largest absolute Gasteiger partial charge is 0.381 e. The van der Waals surface area contributed by atoms with Gasteiger partial charge in [-0.25, -0.2) is 0 Å². The molecule has 23 heavy (non-hydrogen) atoms. The number of halogens is 2. The molecule has 1 fully saturated rings. The van der Waals surface area contributed by atoms with Gasteiger partial charge in [0.1, 0.15) is 0 Å². The molecule has 2 aromatic carbocycles. The fourth-order valence-electron chi connectivity index (χ4n) is 2.67. The Morgan fingerprint density at radius 1 is 1.13 bits per heavy atom. The Labute approximate surface area is 145 Å². The SMILES string of the molecule is O=C(C1CCOC1)N(Cc1ccc(Cl)cc1)c1ccccc1Cl. The van der Waals surface area contributed by atoms with Crippen LogP contribution in [0.4, 0.5) is 5.69 Å². The molecule has 1 unspecified atom stereocenters. The van der Waals surface area contributed by atoms with Crippen molar-refractivity contribution in [2.45, 2.75) is 13.0 Å². The molecule has 1 saturated heterocycles. The summed E-state index contributed by atoms with van der Waals surface area (Å²) in [7, 11) is 0. The number of hydrogen-bond donors (Lipinski definition) is 0. The summed E-state index contributed by atoms with van der Waals surface area (Å²) in [6.45, 7) is 1.56. The van der Waals surface area contributed by atoms with Gasteiger partial charge in [-0.2, -0.15) is 0 Å².